The highest BCUT2D eigenvalue weighted by Gasteiger charge is 2.37. The molecule has 6 atom stereocenters. The van der Waals surface area contributed by atoms with Gasteiger partial charge in [0.1, 0.15) is 29.8 Å². The summed E-state index contributed by atoms with van der Waals surface area (Å²) >= 11 is 0. The molecule has 0 radical (unpaired) electrons. The molecule has 0 saturated carbocycles. The number of phenols is 2. The van der Waals surface area contributed by atoms with Crippen LogP contribution in [0, 0.1) is 0 Å². The van der Waals surface area contributed by atoms with E-state index in [9.17, 15) is 29.4 Å². The lowest BCUT2D eigenvalue weighted by Gasteiger charge is -2.24. The number of carbonyl (C=O) groups is 4. The first-order valence-corrected chi connectivity index (χ1v) is 17.4. The minimum absolute atomic E-state index is 0.112. The van der Waals surface area contributed by atoms with Crippen LogP contribution in [0.4, 0.5) is 0 Å². The maximum absolute atomic E-state index is 13.6. The van der Waals surface area contributed by atoms with E-state index >= 15 is 0 Å². The lowest BCUT2D eigenvalue weighted by atomic mass is 9.94. The van der Waals surface area contributed by atoms with Gasteiger partial charge >= 0.3 is 23.9 Å². The molecule has 55 heavy (non-hydrogen) atoms. The highest BCUT2D eigenvalue weighted by Crippen LogP contribution is 2.57. The Labute approximate surface area is 316 Å². The number of epoxide rings is 3. The van der Waals surface area contributed by atoms with Gasteiger partial charge in [0.25, 0.3) is 0 Å². The Bertz CT molecular complexity index is 2110. The highest BCUT2D eigenvalue weighted by atomic mass is 16.6. The largest absolute Gasteiger partial charge is 0.508 e. The van der Waals surface area contributed by atoms with Crippen LogP contribution in [0.15, 0.2) is 109 Å². The molecule has 0 aliphatic carbocycles. The predicted molar refractivity (Wildman–Crippen MR) is 198 cm³/mol. The molecular formula is C42H38O13. The van der Waals surface area contributed by atoms with Gasteiger partial charge in [-0.05, 0) is 81.3 Å². The fourth-order valence-corrected chi connectivity index (χ4v) is 5.35. The zero-order valence-electron chi connectivity index (χ0n) is 30.2. The number of carbonyl (C=O) groups excluding carboxylic acids is 4. The number of ether oxygens (including phenoxy) is 7. The second-order valence-electron chi connectivity index (χ2n) is 12.7. The first-order valence-electron chi connectivity index (χ1n) is 17.4. The van der Waals surface area contributed by atoms with Crippen LogP contribution in [0.1, 0.15) is 27.7 Å². The Kier molecular flexibility index (Phi) is 11.7. The van der Waals surface area contributed by atoms with Gasteiger partial charge in [0.05, 0.1) is 29.4 Å². The van der Waals surface area contributed by atoms with Gasteiger partial charge in [-0.2, -0.15) is 0 Å². The molecule has 3 aliphatic rings. The van der Waals surface area contributed by atoms with Gasteiger partial charge in [0, 0.05) is 24.3 Å². The summed E-state index contributed by atoms with van der Waals surface area (Å²) in [5.41, 5.74) is 0.0401. The van der Waals surface area contributed by atoms with Crippen LogP contribution in [-0.2, 0) is 33.4 Å². The number of esters is 4. The summed E-state index contributed by atoms with van der Waals surface area (Å²) in [5.74, 6) is -5.62. The number of aromatic hydroxyl groups is 2. The Hall–Kier alpha value is -6.28. The van der Waals surface area contributed by atoms with Crippen LogP contribution < -0.4 is 18.9 Å². The van der Waals surface area contributed by atoms with Gasteiger partial charge in [0.2, 0.25) is 0 Å². The van der Waals surface area contributed by atoms with Crippen LogP contribution in [0.3, 0.4) is 0 Å². The summed E-state index contributed by atoms with van der Waals surface area (Å²) in [5, 5.41) is 20.4. The molecule has 13 nitrogen and oxygen atoms in total. The van der Waals surface area contributed by atoms with E-state index in [-0.39, 0.29) is 70.4 Å². The lowest BCUT2D eigenvalue weighted by molar-refractivity contribution is -0.132. The third-order valence-corrected chi connectivity index (χ3v) is 8.52. The molecule has 6 rings (SSSR count). The van der Waals surface area contributed by atoms with Crippen LogP contribution in [0.5, 0.6) is 34.5 Å². The molecule has 3 fully saturated rings. The van der Waals surface area contributed by atoms with Crippen LogP contribution in [-0.4, -0.2) is 70.7 Å². The maximum Gasteiger partial charge on any atom is 0.336 e. The van der Waals surface area contributed by atoms with Crippen LogP contribution in [0.2, 0.25) is 0 Å². The second-order valence-corrected chi connectivity index (χ2v) is 12.7. The molecule has 3 aliphatic heterocycles. The smallest absolute Gasteiger partial charge is 0.336 e. The van der Waals surface area contributed by atoms with E-state index in [1.165, 1.54) is 72.8 Å². The van der Waals surface area contributed by atoms with Gasteiger partial charge in [-0.1, -0.05) is 42.5 Å². The molecule has 284 valence electrons. The quantitative estimate of drug-likeness (QED) is 0.0624. The van der Waals surface area contributed by atoms with Gasteiger partial charge in [0.15, 0.2) is 23.0 Å². The zero-order chi connectivity index (χ0) is 39.2. The number of hydrogen-bond donors (Lipinski definition) is 2. The van der Waals surface area contributed by atoms with Gasteiger partial charge < -0.3 is 43.4 Å². The van der Waals surface area contributed by atoms with E-state index in [1.807, 2.05) is 20.8 Å². The van der Waals surface area contributed by atoms with Crippen molar-refractivity contribution in [2.75, 3.05) is 0 Å². The minimum atomic E-state index is -0.927. The van der Waals surface area contributed by atoms with Crippen molar-refractivity contribution in [1.82, 2.24) is 0 Å². The van der Waals surface area contributed by atoms with Crippen molar-refractivity contribution >= 4 is 23.9 Å². The number of rotatable bonds is 14. The third kappa shape index (κ3) is 10.0. The SMILES string of the molecule is C/C=C/C=C\C(=O)Oc1c(OC(=O)/C=C\[C@H]2O[C@@H]2C)c(-c2ccc(O)cc2)c(OC(=O)/C=C\[C@@H]2O[C@H]2C)c(OC(=O)/C=C\[C@@H]2O[C@H]2C)c1-c1ccc(O)cc1. The van der Waals surface area contributed by atoms with E-state index in [0.29, 0.717) is 0 Å². The van der Waals surface area contributed by atoms with E-state index in [4.69, 9.17) is 33.2 Å². The topological polar surface area (TPSA) is 183 Å². The molecule has 0 bridgehead atoms. The van der Waals surface area contributed by atoms with Crippen molar-refractivity contribution in [2.45, 2.75) is 64.3 Å². The summed E-state index contributed by atoms with van der Waals surface area (Å²) in [6.07, 6.45) is 12.4. The van der Waals surface area contributed by atoms with E-state index in [1.54, 1.807) is 19.1 Å². The summed E-state index contributed by atoms with van der Waals surface area (Å²) in [6.45, 7) is 7.22. The maximum atomic E-state index is 13.6. The molecule has 0 unspecified atom stereocenters. The number of phenolic OH excluding ortho intramolecular Hbond substituents is 2. The first kappa shape index (κ1) is 38.4. The Balaban J connectivity index is 1.65. The molecular weight excluding hydrogens is 712 g/mol. The average molecular weight is 751 g/mol. The van der Waals surface area contributed by atoms with Crippen LogP contribution >= 0.6 is 0 Å². The van der Waals surface area contributed by atoms with Crippen molar-refractivity contribution < 1.29 is 62.5 Å². The van der Waals surface area contributed by atoms with Gasteiger partial charge in [-0.25, -0.2) is 19.2 Å². The van der Waals surface area contributed by atoms with Crippen molar-refractivity contribution in [3.63, 3.8) is 0 Å². The van der Waals surface area contributed by atoms with Crippen LogP contribution in [0.25, 0.3) is 22.3 Å². The summed E-state index contributed by atoms with van der Waals surface area (Å²) < 4.78 is 40.1. The summed E-state index contributed by atoms with van der Waals surface area (Å²) in [6, 6.07) is 11.0. The van der Waals surface area contributed by atoms with Gasteiger partial charge in [-0.3, -0.25) is 0 Å². The van der Waals surface area contributed by atoms with Crippen molar-refractivity contribution in [2.24, 2.45) is 0 Å². The Morgan fingerprint density at radius 2 is 0.800 bits per heavy atom. The minimum Gasteiger partial charge on any atom is -0.508 e. The molecule has 0 aromatic heterocycles. The molecule has 2 N–H and O–H groups in total. The standard InChI is InChI=1S/C42H38O13/c1-5-6-7-8-33(45)52-39-37(26-9-13-28(43)14-10-26)41(54-35(47)21-18-31-24(3)50-31)42(55-36(48)22-19-32-25(4)51-32)38(27-11-15-29(44)16-12-27)40(39)53-34(46)20-17-30-23(2)49-30/h5-25,30-32,43-44H,1-4H3/b6-5+,8-7-,20-17-,21-18-,22-19-/t23-,24+,25+,30-,31+,32+/m1/s1. The monoisotopic (exact) mass is 750 g/mol. The fraction of sp³-hybridized carbons (Fsp3) is 0.238. The molecule has 3 aromatic carbocycles. The average Bonchev–Trinajstić information content (AvgIpc) is 4.11. The molecule has 0 spiro atoms. The molecule has 3 aromatic rings. The van der Waals surface area contributed by atoms with Gasteiger partial charge in [-0.15, -0.1) is 0 Å². The number of allylic oxidation sites excluding steroid dienone is 3. The molecule has 0 amide bonds. The molecule has 3 heterocycles. The summed E-state index contributed by atoms with van der Waals surface area (Å²) in [4.78, 5) is 54.2. The third-order valence-electron chi connectivity index (χ3n) is 8.52. The Morgan fingerprint density at radius 3 is 1.07 bits per heavy atom. The lowest BCUT2D eigenvalue weighted by Crippen LogP contribution is -2.16. The molecule has 13 heteroatoms. The Morgan fingerprint density at radius 1 is 0.509 bits per heavy atom. The van der Waals surface area contributed by atoms with E-state index in [2.05, 4.69) is 0 Å². The number of benzene rings is 3. The molecule has 3 saturated heterocycles. The fourth-order valence-electron chi connectivity index (χ4n) is 5.35. The van der Waals surface area contributed by atoms with Crippen molar-refractivity contribution in [3.8, 4) is 56.8 Å². The first-order chi connectivity index (χ1) is 26.4. The normalized spacial score (nSPS) is 22.8. The number of hydrogen-bond acceptors (Lipinski definition) is 13. The van der Waals surface area contributed by atoms with E-state index < -0.39 is 46.9 Å². The highest BCUT2D eigenvalue weighted by molar-refractivity contribution is 6.01. The van der Waals surface area contributed by atoms with E-state index in [0.717, 1.165) is 24.3 Å². The second kappa shape index (κ2) is 16.8. The zero-order valence-corrected chi connectivity index (χ0v) is 30.2. The summed E-state index contributed by atoms with van der Waals surface area (Å²) in [7, 11) is 0. The predicted octanol–water partition coefficient (Wildman–Crippen LogP) is 6.22. The van der Waals surface area contributed by atoms with Crippen molar-refractivity contribution in [1.29, 1.82) is 0 Å². The van der Waals surface area contributed by atoms with Crippen molar-refractivity contribution in [3.05, 3.63) is 109 Å².